The molecule has 1 aliphatic heterocycles. The van der Waals surface area contributed by atoms with Crippen LogP contribution in [0.4, 0.5) is 5.69 Å². The number of carbonyl (C=O) groups is 1. The lowest BCUT2D eigenvalue weighted by Gasteiger charge is -2.37. The first-order chi connectivity index (χ1) is 12.0. The SMILES string of the molecule is CN1CCC(N(C)c2c(C(=O)C3CC3)cnc3ccc(Br)cc23)CC1. The summed E-state index contributed by atoms with van der Waals surface area (Å²) in [4.78, 5) is 22.2. The molecule has 0 radical (unpaired) electrons. The number of aromatic nitrogens is 1. The summed E-state index contributed by atoms with van der Waals surface area (Å²) in [5, 5.41) is 1.07. The molecule has 0 atom stereocenters. The Morgan fingerprint density at radius 2 is 1.96 bits per heavy atom. The smallest absolute Gasteiger partial charge is 0.169 e. The standard InChI is InChI=1S/C20H24BrN3O/c1-23-9-7-15(8-10-23)24(2)19-16-11-14(21)5-6-18(16)22-12-17(19)20(25)13-3-4-13/h5-6,11-13,15H,3-4,7-10H2,1-2H3. The van der Waals surface area contributed by atoms with E-state index in [-0.39, 0.29) is 11.7 Å². The number of Topliss-reactive ketones (excluding diaryl/α,β-unsaturated/α-hetero) is 1. The highest BCUT2D eigenvalue weighted by Gasteiger charge is 2.34. The van der Waals surface area contributed by atoms with Crippen LogP contribution in [0.15, 0.2) is 28.9 Å². The Bertz CT molecular complexity index is 810. The van der Waals surface area contributed by atoms with Crippen molar-refractivity contribution in [1.82, 2.24) is 9.88 Å². The molecule has 1 saturated heterocycles. The summed E-state index contributed by atoms with van der Waals surface area (Å²) in [6, 6.07) is 6.60. The van der Waals surface area contributed by atoms with Gasteiger partial charge in [-0.15, -0.1) is 0 Å². The Labute approximate surface area is 157 Å². The van der Waals surface area contributed by atoms with Crippen LogP contribution in [-0.4, -0.2) is 48.9 Å². The van der Waals surface area contributed by atoms with Crippen molar-refractivity contribution in [2.45, 2.75) is 31.7 Å². The Hall–Kier alpha value is -1.46. The van der Waals surface area contributed by atoms with Gasteiger partial charge in [-0.25, -0.2) is 0 Å². The van der Waals surface area contributed by atoms with Gasteiger partial charge < -0.3 is 9.80 Å². The second kappa shape index (κ2) is 6.69. The first-order valence-corrected chi connectivity index (χ1v) is 9.87. The molecule has 5 heteroatoms. The fourth-order valence-electron chi connectivity index (χ4n) is 3.84. The van der Waals surface area contributed by atoms with Crippen molar-refractivity contribution in [3.05, 3.63) is 34.4 Å². The zero-order valence-corrected chi connectivity index (χ0v) is 16.4. The third-order valence-electron chi connectivity index (χ3n) is 5.60. The molecule has 2 heterocycles. The summed E-state index contributed by atoms with van der Waals surface area (Å²) in [6.45, 7) is 2.21. The van der Waals surface area contributed by atoms with E-state index in [2.05, 4.69) is 50.9 Å². The van der Waals surface area contributed by atoms with Gasteiger partial charge in [-0.1, -0.05) is 15.9 Å². The van der Waals surface area contributed by atoms with Crippen LogP contribution in [0.1, 0.15) is 36.0 Å². The molecule has 0 amide bonds. The van der Waals surface area contributed by atoms with Gasteiger partial charge in [0.05, 0.1) is 16.8 Å². The fourth-order valence-corrected chi connectivity index (χ4v) is 4.20. The van der Waals surface area contributed by atoms with Crippen molar-refractivity contribution in [2.24, 2.45) is 5.92 Å². The normalized spacial score (nSPS) is 19.3. The number of benzene rings is 1. The van der Waals surface area contributed by atoms with Crippen LogP contribution in [0, 0.1) is 5.92 Å². The Morgan fingerprint density at radius 1 is 1.24 bits per heavy atom. The van der Waals surface area contributed by atoms with E-state index in [1.165, 1.54) is 0 Å². The van der Waals surface area contributed by atoms with E-state index in [1.54, 1.807) is 6.20 Å². The van der Waals surface area contributed by atoms with Gasteiger partial charge in [-0.05, 0) is 64.0 Å². The summed E-state index contributed by atoms with van der Waals surface area (Å²) >= 11 is 3.58. The summed E-state index contributed by atoms with van der Waals surface area (Å²) in [5.41, 5.74) is 2.82. The number of pyridine rings is 1. The molecule has 0 unspecified atom stereocenters. The van der Waals surface area contributed by atoms with Crippen molar-refractivity contribution in [3.8, 4) is 0 Å². The van der Waals surface area contributed by atoms with Crippen molar-refractivity contribution in [1.29, 1.82) is 0 Å². The number of rotatable bonds is 4. The van der Waals surface area contributed by atoms with E-state index in [9.17, 15) is 4.79 Å². The highest BCUT2D eigenvalue weighted by Crippen LogP contribution is 2.39. The topological polar surface area (TPSA) is 36.4 Å². The van der Waals surface area contributed by atoms with E-state index in [0.29, 0.717) is 6.04 Å². The lowest BCUT2D eigenvalue weighted by molar-refractivity contribution is 0.0968. The maximum Gasteiger partial charge on any atom is 0.169 e. The second-order valence-corrected chi connectivity index (χ2v) is 8.38. The van der Waals surface area contributed by atoms with Gasteiger partial charge in [-0.3, -0.25) is 9.78 Å². The molecule has 0 bridgehead atoms. The average molecular weight is 402 g/mol. The first-order valence-electron chi connectivity index (χ1n) is 9.08. The van der Waals surface area contributed by atoms with Gasteiger partial charge in [0.25, 0.3) is 0 Å². The third kappa shape index (κ3) is 3.32. The minimum atomic E-state index is 0.205. The van der Waals surface area contributed by atoms with Crippen LogP contribution < -0.4 is 4.90 Å². The third-order valence-corrected chi connectivity index (χ3v) is 6.10. The predicted molar refractivity (Wildman–Crippen MR) is 105 cm³/mol. The van der Waals surface area contributed by atoms with E-state index in [4.69, 9.17) is 0 Å². The van der Waals surface area contributed by atoms with E-state index in [1.807, 2.05) is 12.1 Å². The lowest BCUT2D eigenvalue weighted by Crippen LogP contribution is -2.42. The quantitative estimate of drug-likeness (QED) is 0.721. The van der Waals surface area contributed by atoms with E-state index < -0.39 is 0 Å². The van der Waals surface area contributed by atoms with Crippen molar-refractivity contribution >= 4 is 38.3 Å². The number of ketones is 1. The molecule has 4 rings (SSSR count). The van der Waals surface area contributed by atoms with Crippen LogP contribution in [0.25, 0.3) is 10.9 Å². The fraction of sp³-hybridized carbons (Fsp3) is 0.500. The van der Waals surface area contributed by atoms with Gasteiger partial charge >= 0.3 is 0 Å². The van der Waals surface area contributed by atoms with Gasteiger partial charge in [0, 0.05) is 35.1 Å². The van der Waals surface area contributed by atoms with Gasteiger partial charge in [0.15, 0.2) is 5.78 Å². The Kier molecular flexibility index (Phi) is 4.54. The average Bonchev–Trinajstić information content (AvgIpc) is 3.45. The largest absolute Gasteiger partial charge is 0.370 e. The van der Waals surface area contributed by atoms with Crippen molar-refractivity contribution in [3.63, 3.8) is 0 Å². The van der Waals surface area contributed by atoms with Gasteiger partial charge in [0.1, 0.15) is 0 Å². The van der Waals surface area contributed by atoms with Crippen LogP contribution in [0.2, 0.25) is 0 Å². The number of nitrogens with zero attached hydrogens (tertiary/aromatic N) is 3. The summed E-state index contributed by atoms with van der Waals surface area (Å²) < 4.78 is 1.02. The maximum atomic E-state index is 12.9. The first kappa shape index (κ1) is 17.0. The molecular formula is C20H24BrN3O. The molecule has 2 fully saturated rings. The molecule has 2 aliphatic rings. The number of hydrogen-bond donors (Lipinski definition) is 0. The molecule has 132 valence electrons. The highest BCUT2D eigenvalue weighted by molar-refractivity contribution is 9.10. The molecule has 0 spiro atoms. The van der Waals surface area contributed by atoms with Crippen LogP contribution in [0.3, 0.4) is 0 Å². The van der Waals surface area contributed by atoms with E-state index in [0.717, 1.165) is 65.4 Å². The van der Waals surface area contributed by atoms with Crippen LogP contribution in [-0.2, 0) is 0 Å². The zero-order chi connectivity index (χ0) is 17.6. The zero-order valence-electron chi connectivity index (χ0n) is 14.8. The summed E-state index contributed by atoms with van der Waals surface area (Å²) in [6.07, 6.45) is 6.10. The molecule has 25 heavy (non-hydrogen) atoms. The number of likely N-dealkylation sites (tertiary alicyclic amines) is 1. The predicted octanol–water partition coefficient (Wildman–Crippen LogP) is 4.12. The molecule has 1 aromatic heterocycles. The van der Waals surface area contributed by atoms with Gasteiger partial charge in [0.2, 0.25) is 0 Å². The monoisotopic (exact) mass is 401 g/mol. The molecule has 4 nitrogen and oxygen atoms in total. The Balaban J connectivity index is 1.81. The minimum Gasteiger partial charge on any atom is -0.370 e. The van der Waals surface area contributed by atoms with Crippen molar-refractivity contribution in [2.75, 3.05) is 32.1 Å². The summed E-state index contributed by atoms with van der Waals surface area (Å²) in [7, 11) is 4.33. The molecule has 1 aromatic carbocycles. The number of halogens is 1. The Morgan fingerprint density at radius 3 is 2.64 bits per heavy atom. The minimum absolute atomic E-state index is 0.205. The second-order valence-electron chi connectivity index (χ2n) is 7.47. The molecule has 1 aliphatic carbocycles. The summed E-state index contributed by atoms with van der Waals surface area (Å²) in [5.74, 6) is 0.472. The van der Waals surface area contributed by atoms with Crippen molar-refractivity contribution < 1.29 is 4.79 Å². The van der Waals surface area contributed by atoms with Crippen LogP contribution in [0.5, 0.6) is 0 Å². The molecule has 2 aromatic rings. The van der Waals surface area contributed by atoms with E-state index >= 15 is 0 Å². The molecular weight excluding hydrogens is 378 g/mol. The number of piperidine rings is 1. The van der Waals surface area contributed by atoms with Crippen LogP contribution >= 0.6 is 15.9 Å². The number of fused-ring (bicyclic) bond motifs is 1. The van der Waals surface area contributed by atoms with Gasteiger partial charge in [-0.2, -0.15) is 0 Å². The molecule has 0 N–H and O–H groups in total. The number of hydrogen-bond acceptors (Lipinski definition) is 4. The highest BCUT2D eigenvalue weighted by atomic mass is 79.9. The maximum absolute atomic E-state index is 12.9. The molecule has 1 saturated carbocycles. The number of anilines is 1. The lowest BCUT2D eigenvalue weighted by atomic mass is 9.98. The number of carbonyl (C=O) groups excluding carboxylic acids is 1.